The zero-order valence-corrected chi connectivity index (χ0v) is 9.04. The molecule has 0 saturated carbocycles. The van der Waals surface area contributed by atoms with Crippen molar-refractivity contribution < 1.29 is 18.4 Å². The first-order chi connectivity index (χ1) is 5.96. The van der Waals surface area contributed by atoms with Crippen molar-refractivity contribution in [3.63, 3.8) is 0 Å². The summed E-state index contributed by atoms with van der Waals surface area (Å²) in [4.78, 5) is 11.5. The van der Waals surface area contributed by atoms with Gasteiger partial charge in [0.1, 0.15) is 0 Å². The normalized spacial score (nSPS) is 34.9. The van der Waals surface area contributed by atoms with Crippen molar-refractivity contribution >= 4 is 13.1 Å². The summed E-state index contributed by atoms with van der Waals surface area (Å²) >= 11 is 0. The monoisotopic (exact) mass is 206 g/mol. The van der Waals surface area contributed by atoms with E-state index in [2.05, 4.69) is 0 Å². The Hall–Kier alpha value is -0.180. The minimum atomic E-state index is -3.46. The van der Waals surface area contributed by atoms with Gasteiger partial charge in [-0.2, -0.15) is 0 Å². The summed E-state index contributed by atoms with van der Waals surface area (Å²) in [6, 6.07) is 0. The molecular weight excluding hydrogens is 191 g/mol. The molecule has 0 amide bonds. The van der Waals surface area contributed by atoms with Crippen LogP contribution in [0.25, 0.3) is 0 Å². The van der Waals surface area contributed by atoms with Crippen LogP contribution in [0.3, 0.4) is 0 Å². The molecule has 1 heterocycles. The molecular formula is C8H15O4P. The third kappa shape index (κ3) is 2.39. The molecule has 0 radical (unpaired) electrons. The quantitative estimate of drug-likeness (QED) is 0.650. The van der Waals surface area contributed by atoms with Gasteiger partial charge in [-0.15, -0.1) is 0 Å². The molecule has 1 rings (SSSR count). The number of hydrogen-bond acceptors (Lipinski definition) is 4. The van der Waals surface area contributed by atoms with Gasteiger partial charge in [0.15, 0.2) is 0 Å². The first-order valence-electron chi connectivity index (χ1n) is 4.43. The third-order valence-corrected chi connectivity index (χ3v) is 4.08. The minimum Gasteiger partial charge on any atom is -0.303 e. The Labute approximate surface area is 78.1 Å². The van der Waals surface area contributed by atoms with Crippen molar-refractivity contribution in [1.29, 1.82) is 0 Å². The average molecular weight is 206 g/mol. The molecule has 0 bridgehead atoms. The van der Waals surface area contributed by atoms with E-state index in [-0.39, 0.29) is 12.0 Å². The lowest BCUT2D eigenvalue weighted by Crippen LogP contribution is -2.23. The summed E-state index contributed by atoms with van der Waals surface area (Å²) in [7, 11) is -3.46. The molecule has 0 aliphatic carbocycles. The molecule has 1 saturated heterocycles. The van der Waals surface area contributed by atoms with Crippen molar-refractivity contribution in [2.75, 3.05) is 6.61 Å². The van der Waals surface area contributed by atoms with Crippen molar-refractivity contribution in [1.82, 2.24) is 0 Å². The smallest absolute Gasteiger partial charge is 0.303 e. The highest BCUT2D eigenvalue weighted by molar-refractivity contribution is 7.71. The van der Waals surface area contributed by atoms with Crippen LogP contribution < -0.4 is 0 Å². The third-order valence-electron chi connectivity index (χ3n) is 1.87. The highest BCUT2D eigenvalue weighted by Crippen LogP contribution is 2.54. The van der Waals surface area contributed by atoms with Crippen LogP contribution >= 0.6 is 7.60 Å². The summed E-state index contributed by atoms with van der Waals surface area (Å²) in [6.45, 7) is 5.52. The number of hydrogen-bond donors (Lipinski definition) is 0. The number of carbonyl (C=O) groups excluding carboxylic acids is 1. The molecule has 76 valence electrons. The molecule has 0 aromatic rings. The SMILES string of the molecule is CC1CCOP(=O)(C(=O)C(C)C)O1. The Morgan fingerprint density at radius 2 is 2.15 bits per heavy atom. The topological polar surface area (TPSA) is 52.6 Å². The van der Waals surface area contributed by atoms with Crippen LogP contribution in [0.5, 0.6) is 0 Å². The molecule has 1 aliphatic heterocycles. The van der Waals surface area contributed by atoms with Gasteiger partial charge >= 0.3 is 7.60 Å². The largest absolute Gasteiger partial charge is 0.397 e. The Kier molecular flexibility index (Phi) is 3.28. The molecule has 0 aromatic heterocycles. The van der Waals surface area contributed by atoms with Crippen LogP contribution in [-0.2, 0) is 18.4 Å². The van der Waals surface area contributed by atoms with E-state index in [0.29, 0.717) is 13.0 Å². The maximum Gasteiger partial charge on any atom is 0.397 e. The van der Waals surface area contributed by atoms with Crippen molar-refractivity contribution in [3.8, 4) is 0 Å². The zero-order chi connectivity index (χ0) is 10.1. The summed E-state index contributed by atoms with van der Waals surface area (Å²) in [5.74, 6) is -0.309. The Bertz CT molecular complexity index is 249. The fraction of sp³-hybridized carbons (Fsp3) is 0.875. The highest BCUT2D eigenvalue weighted by atomic mass is 31.2. The second-order valence-electron chi connectivity index (χ2n) is 3.53. The Morgan fingerprint density at radius 3 is 2.62 bits per heavy atom. The lowest BCUT2D eigenvalue weighted by atomic mass is 10.3. The van der Waals surface area contributed by atoms with Gasteiger partial charge in [0.05, 0.1) is 12.7 Å². The van der Waals surface area contributed by atoms with Gasteiger partial charge in [-0.1, -0.05) is 13.8 Å². The van der Waals surface area contributed by atoms with Crippen LogP contribution in [-0.4, -0.2) is 18.2 Å². The standard InChI is InChI=1S/C8H15O4P/c1-6(2)8(9)13(10)11-5-4-7(3)12-13/h6-7H,4-5H2,1-3H3. The molecule has 13 heavy (non-hydrogen) atoms. The molecule has 0 N–H and O–H groups in total. The maximum atomic E-state index is 11.8. The van der Waals surface area contributed by atoms with Gasteiger partial charge in [0, 0.05) is 5.92 Å². The summed E-state index contributed by atoms with van der Waals surface area (Å²) in [5.41, 5.74) is -0.418. The molecule has 0 aromatic carbocycles. The second kappa shape index (κ2) is 3.91. The number of rotatable bonds is 2. The number of carbonyl (C=O) groups is 1. The minimum absolute atomic E-state index is 0.151. The molecule has 1 fully saturated rings. The Balaban J connectivity index is 2.75. The highest BCUT2D eigenvalue weighted by Gasteiger charge is 2.40. The van der Waals surface area contributed by atoms with Gasteiger partial charge in [-0.25, -0.2) is 0 Å². The average Bonchev–Trinajstić information content (AvgIpc) is 2.02. The molecule has 2 unspecified atom stereocenters. The van der Waals surface area contributed by atoms with Gasteiger partial charge in [-0.3, -0.25) is 9.36 Å². The molecule has 5 heteroatoms. The van der Waals surface area contributed by atoms with Crippen LogP contribution in [0.1, 0.15) is 27.2 Å². The van der Waals surface area contributed by atoms with Gasteiger partial charge in [0.25, 0.3) is 0 Å². The van der Waals surface area contributed by atoms with Gasteiger partial charge in [-0.05, 0) is 13.3 Å². The fourth-order valence-electron chi connectivity index (χ4n) is 1.09. The van der Waals surface area contributed by atoms with E-state index in [9.17, 15) is 9.36 Å². The molecule has 1 aliphatic rings. The van der Waals surface area contributed by atoms with E-state index >= 15 is 0 Å². The lowest BCUT2D eigenvalue weighted by molar-refractivity contribution is -0.117. The van der Waals surface area contributed by atoms with Gasteiger partial charge < -0.3 is 9.05 Å². The predicted octanol–water partition coefficient (Wildman–Crippen LogP) is 2.19. The Morgan fingerprint density at radius 1 is 1.54 bits per heavy atom. The van der Waals surface area contributed by atoms with E-state index in [1.807, 2.05) is 0 Å². The van der Waals surface area contributed by atoms with Crippen LogP contribution in [0, 0.1) is 5.92 Å². The summed E-state index contributed by atoms with van der Waals surface area (Å²) < 4.78 is 21.8. The van der Waals surface area contributed by atoms with E-state index in [4.69, 9.17) is 9.05 Å². The van der Waals surface area contributed by atoms with E-state index < -0.39 is 13.1 Å². The molecule has 0 spiro atoms. The van der Waals surface area contributed by atoms with Gasteiger partial charge in [0.2, 0.25) is 5.52 Å². The zero-order valence-electron chi connectivity index (χ0n) is 8.15. The van der Waals surface area contributed by atoms with Crippen molar-refractivity contribution in [2.24, 2.45) is 5.92 Å². The first-order valence-corrected chi connectivity index (χ1v) is 5.97. The molecule has 4 nitrogen and oxygen atoms in total. The van der Waals surface area contributed by atoms with E-state index in [1.54, 1.807) is 20.8 Å². The summed E-state index contributed by atoms with van der Waals surface area (Å²) in [6.07, 6.45) is 0.539. The van der Waals surface area contributed by atoms with E-state index in [1.165, 1.54) is 0 Å². The first kappa shape index (κ1) is 10.9. The second-order valence-corrected chi connectivity index (χ2v) is 5.43. The van der Waals surface area contributed by atoms with Crippen molar-refractivity contribution in [3.05, 3.63) is 0 Å². The van der Waals surface area contributed by atoms with Crippen LogP contribution in [0.4, 0.5) is 0 Å². The molecule has 2 atom stereocenters. The fourth-order valence-corrected chi connectivity index (χ4v) is 2.94. The lowest BCUT2D eigenvalue weighted by Gasteiger charge is -2.27. The van der Waals surface area contributed by atoms with E-state index in [0.717, 1.165) is 0 Å². The summed E-state index contributed by atoms with van der Waals surface area (Å²) in [5, 5.41) is 0. The maximum absolute atomic E-state index is 11.8. The van der Waals surface area contributed by atoms with Crippen LogP contribution in [0.2, 0.25) is 0 Å². The van der Waals surface area contributed by atoms with Crippen molar-refractivity contribution in [2.45, 2.75) is 33.3 Å². The van der Waals surface area contributed by atoms with Crippen LogP contribution in [0.15, 0.2) is 0 Å². The predicted molar refractivity (Wildman–Crippen MR) is 48.6 cm³/mol.